The molecule has 1 aromatic carbocycles. The number of thiophene rings is 2. The minimum atomic E-state index is 0.910. The normalized spacial score (nSPS) is 12.0. The van der Waals surface area contributed by atoms with Gasteiger partial charge in [0, 0.05) is 29.1 Å². The molecule has 0 aliphatic rings. The Morgan fingerprint density at radius 2 is 1.91 bits per heavy atom. The Kier molecular flexibility index (Phi) is 4.90. The molecule has 0 aliphatic heterocycles. The van der Waals surface area contributed by atoms with Crippen molar-refractivity contribution in [3.8, 4) is 0 Å². The smallest absolute Gasteiger partial charge is 0.119 e. The molecular formula is C18H20N2S2. The van der Waals surface area contributed by atoms with E-state index in [1.54, 1.807) is 22.7 Å². The van der Waals surface area contributed by atoms with Crippen LogP contribution in [0.4, 0.5) is 5.00 Å². The zero-order valence-electron chi connectivity index (χ0n) is 13.0. The van der Waals surface area contributed by atoms with Crippen molar-refractivity contribution >= 4 is 43.6 Å². The third-order valence-corrected chi connectivity index (χ3v) is 5.58. The van der Waals surface area contributed by atoms with E-state index >= 15 is 0 Å². The second-order valence-electron chi connectivity index (χ2n) is 5.08. The standard InChI is InChI=1S/C18H20N2S2/c1-3-20(4-2)17(13-15-9-7-11-21-15)19-18-12-14-8-5-6-10-16(14)22-18/h5-12H,3-4,13H2,1-2H3. The fourth-order valence-corrected chi connectivity index (χ4v) is 4.18. The Bertz CT molecular complexity index is 719. The van der Waals surface area contributed by atoms with Crippen LogP contribution in [0.25, 0.3) is 10.1 Å². The van der Waals surface area contributed by atoms with Gasteiger partial charge in [0.25, 0.3) is 0 Å². The van der Waals surface area contributed by atoms with Crippen LogP contribution in [0.5, 0.6) is 0 Å². The molecule has 0 bridgehead atoms. The first-order chi connectivity index (χ1) is 10.8. The average molecular weight is 329 g/mol. The Hall–Kier alpha value is -1.65. The third kappa shape index (κ3) is 3.39. The number of likely N-dealkylation sites (N-methyl/N-ethyl adjacent to an activating group) is 1. The lowest BCUT2D eigenvalue weighted by Gasteiger charge is -2.22. The van der Waals surface area contributed by atoms with Crippen molar-refractivity contribution in [3.63, 3.8) is 0 Å². The number of rotatable bonds is 5. The molecule has 0 radical (unpaired) electrons. The summed E-state index contributed by atoms with van der Waals surface area (Å²) in [5.41, 5.74) is 0. The summed E-state index contributed by atoms with van der Waals surface area (Å²) in [6, 6.07) is 15.0. The SMILES string of the molecule is CCN(CC)C(Cc1cccs1)=Nc1cc2ccccc2s1. The van der Waals surface area contributed by atoms with E-state index in [0.29, 0.717) is 0 Å². The fourth-order valence-electron chi connectivity index (χ4n) is 2.53. The molecule has 0 N–H and O–H groups in total. The number of hydrogen-bond acceptors (Lipinski definition) is 3. The van der Waals surface area contributed by atoms with Crippen LogP contribution in [0.1, 0.15) is 18.7 Å². The average Bonchev–Trinajstić information content (AvgIpc) is 3.17. The lowest BCUT2D eigenvalue weighted by atomic mass is 10.2. The van der Waals surface area contributed by atoms with Gasteiger partial charge in [-0.15, -0.1) is 22.7 Å². The minimum absolute atomic E-state index is 0.910. The fraction of sp³-hybridized carbons (Fsp3) is 0.278. The highest BCUT2D eigenvalue weighted by Gasteiger charge is 2.11. The number of benzene rings is 1. The Labute approximate surface area is 139 Å². The summed E-state index contributed by atoms with van der Waals surface area (Å²) in [5.74, 6) is 1.17. The molecule has 0 spiro atoms. The van der Waals surface area contributed by atoms with Crippen LogP contribution in [0.3, 0.4) is 0 Å². The van der Waals surface area contributed by atoms with Gasteiger partial charge in [-0.2, -0.15) is 0 Å². The van der Waals surface area contributed by atoms with E-state index in [4.69, 9.17) is 4.99 Å². The molecule has 3 rings (SSSR count). The maximum absolute atomic E-state index is 4.98. The van der Waals surface area contributed by atoms with Gasteiger partial charge in [0.1, 0.15) is 10.8 Å². The molecule has 2 nitrogen and oxygen atoms in total. The van der Waals surface area contributed by atoms with Gasteiger partial charge in [-0.1, -0.05) is 24.3 Å². The Morgan fingerprint density at radius 3 is 2.59 bits per heavy atom. The topological polar surface area (TPSA) is 15.6 Å². The number of fused-ring (bicyclic) bond motifs is 1. The van der Waals surface area contributed by atoms with Gasteiger partial charge in [-0.05, 0) is 42.8 Å². The summed E-state index contributed by atoms with van der Waals surface area (Å²) in [5, 5.41) is 4.51. The first-order valence-electron chi connectivity index (χ1n) is 7.63. The minimum Gasteiger partial charge on any atom is -0.360 e. The molecular weight excluding hydrogens is 308 g/mol. The predicted octanol–water partition coefficient (Wildman–Crippen LogP) is 5.58. The first kappa shape index (κ1) is 15.3. The van der Waals surface area contributed by atoms with Crippen LogP contribution in [-0.2, 0) is 6.42 Å². The van der Waals surface area contributed by atoms with Gasteiger partial charge in [-0.25, -0.2) is 4.99 Å². The molecule has 0 saturated carbocycles. The quantitative estimate of drug-likeness (QED) is 0.441. The zero-order chi connectivity index (χ0) is 15.4. The number of amidine groups is 1. The van der Waals surface area contributed by atoms with Crippen LogP contribution in [0, 0.1) is 0 Å². The molecule has 114 valence electrons. The van der Waals surface area contributed by atoms with Crippen LogP contribution in [0.2, 0.25) is 0 Å². The summed E-state index contributed by atoms with van der Waals surface area (Å²) < 4.78 is 1.30. The number of hydrogen-bond donors (Lipinski definition) is 0. The number of nitrogens with zero attached hydrogens (tertiary/aromatic N) is 2. The van der Waals surface area contributed by atoms with Crippen LogP contribution in [-0.4, -0.2) is 23.8 Å². The van der Waals surface area contributed by atoms with Crippen molar-refractivity contribution in [3.05, 3.63) is 52.7 Å². The molecule has 0 saturated heterocycles. The van der Waals surface area contributed by atoms with Crippen molar-refractivity contribution in [1.82, 2.24) is 4.90 Å². The van der Waals surface area contributed by atoms with Crippen molar-refractivity contribution < 1.29 is 0 Å². The van der Waals surface area contributed by atoms with E-state index in [1.165, 1.54) is 20.8 Å². The molecule has 0 fully saturated rings. The van der Waals surface area contributed by atoms with Crippen LogP contribution in [0.15, 0.2) is 52.8 Å². The second kappa shape index (κ2) is 7.07. The third-order valence-electron chi connectivity index (χ3n) is 3.69. The number of aliphatic imine (C=N–C) groups is 1. The highest BCUT2D eigenvalue weighted by Crippen LogP contribution is 2.32. The molecule has 0 atom stereocenters. The molecule has 22 heavy (non-hydrogen) atoms. The monoisotopic (exact) mass is 328 g/mol. The Balaban J connectivity index is 1.95. The van der Waals surface area contributed by atoms with Crippen molar-refractivity contribution in [2.24, 2.45) is 4.99 Å². The maximum Gasteiger partial charge on any atom is 0.119 e. The Morgan fingerprint density at radius 1 is 1.09 bits per heavy atom. The summed E-state index contributed by atoms with van der Waals surface area (Å²) in [6.07, 6.45) is 0.910. The lowest BCUT2D eigenvalue weighted by Crippen LogP contribution is -2.31. The molecule has 0 unspecified atom stereocenters. The van der Waals surface area contributed by atoms with Gasteiger partial charge in [0.05, 0.1) is 0 Å². The lowest BCUT2D eigenvalue weighted by molar-refractivity contribution is 0.459. The van der Waals surface area contributed by atoms with Crippen molar-refractivity contribution in [2.75, 3.05) is 13.1 Å². The molecule has 2 aromatic heterocycles. The maximum atomic E-state index is 4.98. The van der Waals surface area contributed by atoms with Gasteiger partial charge in [0.2, 0.25) is 0 Å². The first-order valence-corrected chi connectivity index (χ1v) is 9.33. The largest absolute Gasteiger partial charge is 0.360 e. The summed E-state index contributed by atoms with van der Waals surface area (Å²) >= 11 is 3.57. The molecule has 3 aromatic rings. The van der Waals surface area contributed by atoms with E-state index in [0.717, 1.165) is 24.5 Å². The van der Waals surface area contributed by atoms with E-state index < -0.39 is 0 Å². The summed E-state index contributed by atoms with van der Waals surface area (Å²) in [4.78, 5) is 8.70. The highest BCUT2D eigenvalue weighted by molar-refractivity contribution is 7.22. The molecule has 2 heterocycles. The van der Waals surface area contributed by atoms with Crippen molar-refractivity contribution in [2.45, 2.75) is 20.3 Å². The second-order valence-corrected chi connectivity index (χ2v) is 7.17. The molecule has 4 heteroatoms. The van der Waals surface area contributed by atoms with Crippen molar-refractivity contribution in [1.29, 1.82) is 0 Å². The van der Waals surface area contributed by atoms with Gasteiger partial charge in [0.15, 0.2) is 0 Å². The summed E-state index contributed by atoms with van der Waals surface area (Å²) in [6.45, 7) is 6.37. The van der Waals surface area contributed by atoms with E-state index in [9.17, 15) is 0 Å². The van der Waals surface area contributed by atoms with Gasteiger partial charge < -0.3 is 4.90 Å². The van der Waals surface area contributed by atoms with E-state index in [1.807, 2.05) is 0 Å². The summed E-state index contributed by atoms with van der Waals surface area (Å²) in [7, 11) is 0. The molecule has 0 amide bonds. The predicted molar refractivity (Wildman–Crippen MR) is 99.9 cm³/mol. The van der Waals surface area contributed by atoms with E-state index in [2.05, 4.69) is 66.6 Å². The van der Waals surface area contributed by atoms with Gasteiger partial charge >= 0.3 is 0 Å². The van der Waals surface area contributed by atoms with Crippen LogP contribution < -0.4 is 0 Å². The van der Waals surface area contributed by atoms with Gasteiger partial charge in [-0.3, -0.25) is 0 Å². The zero-order valence-corrected chi connectivity index (χ0v) is 14.6. The highest BCUT2D eigenvalue weighted by atomic mass is 32.1. The van der Waals surface area contributed by atoms with Crippen LogP contribution >= 0.6 is 22.7 Å². The van der Waals surface area contributed by atoms with E-state index in [-0.39, 0.29) is 0 Å². The molecule has 0 aliphatic carbocycles.